The van der Waals surface area contributed by atoms with E-state index in [9.17, 15) is 9.90 Å². The summed E-state index contributed by atoms with van der Waals surface area (Å²) < 4.78 is 0. The number of benzene rings is 2. The molecule has 1 aliphatic rings. The first-order chi connectivity index (χ1) is 13.1. The van der Waals surface area contributed by atoms with Crippen LogP contribution in [-0.4, -0.2) is 40.5 Å². The van der Waals surface area contributed by atoms with Crippen molar-refractivity contribution in [1.29, 1.82) is 0 Å². The molecule has 3 aromatic rings. The van der Waals surface area contributed by atoms with Crippen LogP contribution in [0.2, 0.25) is 0 Å². The predicted molar refractivity (Wildman–Crippen MR) is 108 cm³/mol. The summed E-state index contributed by atoms with van der Waals surface area (Å²) in [7, 11) is 0. The average Bonchev–Trinajstić information content (AvgIpc) is 3.06. The first-order valence-corrected chi connectivity index (χ1v) is 9.58. The summed E-state index contributed by atoms with van der Waals surface area (Å²) in [6, 6.07) is 13.6. The highest BCUT2D eigenvalue weighted by atomic mass is 16.3. The van der Waals surface area contributed by atoms with Crippen LogP contribution in [0.25, 0.3) is 10.9 Å². The zero-order valence-corrected chi connectivity index (χ0v) is 15.8. The molecule has 140 valence electrons. The predicted octanol–water partition coefficient (Wildman–Crippen LogP) is 3.92. The van der Waals surface area contributed by atoms with Crippen molar-refractivity contribution < 1.29 is 9.90 Å². The third kappa shape index (κ3) is 3.03. The second kappa shape index (κ2) is 6.99. The Kier molecular flexibility index (Phi) is 4.52. The van der Waals surface area contributed by atoms with Gasteiger partial charge in [-0.2, -0.15) is 0 Å². The zero-order chi connectivity index (χ0) is 19.0. The van der Waals surface area contributed by atoms with Gasteiger partial charge in [0, 0.05) is 66.5 Å². The van der Waals surface area contributed by atoms with Gasteiger partial charge in [-0.05, 0) is 32.0 Å². The van der Waals surface area contributed by atoms with Crippen LogP contribution >= 0.6 is 0 Å². The van der Waals surface area contributed by atoms with Crippen molar-refractivity contribution in [2.24, 2.45) is 0 Å². The molecule has 0 fully saturated rings. The fraction of sp³-hybridized carbons (Fsp3) is 0.318. The van der Waals surface area contributed by atoms with Gasteiger partial charge in [-0.15, -0.1) is 0 Å². The second-order valence-corrected chi connectivity index (χ2v) is 6.98. The van der Waals surface area contributed by atoms with Gasteiger partial charge in [0.25, 0.3) is 5.91 Å². The Morgan fingerprint density at radius 3 is 2.70 bits per heavy atom. The van der Waals surface area contributed by atoms with Gasteiger partial charge in [0.2, 0.25) is 0 Å². The topological polar surface area (TPSA) is 59.6 Å². The van der Waals surface area contributed by atoms with E-state index < -0.39 is 0 Å². The quantitative estimate of drug-likeness (QED) is 0.739. The number of carbonyl (C=O) groups is 1. The number of anilines is 1. The number of phenols is 1. The fourth-order valence-corrected chi connectivity index (χ4v) is 4.00. The molecule has 0 atom stereocenters. The Hall–Kier alpha value is -2.95. The summed E-state index contributed by atoms with van der Waals surface area (Å²) in [5.74, 6) is -0.0661. The van der Waals surface area contributed by atoms with Crippen LogP contribution < -0.4 is 4.90 Å². The minimum atomic E-state index is -0.116. The number of aromatic amines is 1. The number of nitrogens with zero attached hydrogens (tertiary/aromatic N) is 2. The normalized spacial score (nSPS) is 13.6. The molecule has 5 nitrogen and oxygen atoms in total. The highest BCUT2D eigenvalue weighted by Gasteiger charge is 2.26. The Balaban J connectivity index is 1.60. The van der Waals surface area contributed by atoms with Gasteiger partial charge >= 0.3 is 0 Å². The monoisotopic (exact) mass is 363 g/mol. The fourth-order valence-electron chi connectivity index (χ4n) is 4.00. The number of hydrogen-bond acceptors (Lipinski definition) is 3. The zero-order valence-electron chi connectivity index (χ0n) is 15.8. The summed E-state index contributed by atoms with van der Waals surface area (Å²) in [5, 5.41) is 11.7. The number of carbonyl (C=O) groups excluding carboxylic acids is 1. The van der Waals surface area contributed by atoms with Gasteiger partial charge < -0.3 is 19.9 Å². The molecular weight excluding hydrogens is 338 g/mol. The van der Waals surface area contributed by atoms with Crippen LogP contribution in [0.15, 0.2) is 42.5 Å². The van der Waals surface area contributed by atoms with E-state index in [-0.39, 0.29) is 11.7 Å². The van der Waals surface area contributed by atoms with Crippen LogP contribution in [0.1, 0.15) is 35.5 Å². The molecule has 0 aliphatic carbocycles. The van der Waals surface area contributed by atoms with Gasteiger partial charge in [0.05, 0.1) is 5.56 Å². The number of fused-ring (bicyclic) bond motifs is 3. The number of aromatic hydroxyl groups is 1. The summed E-state index contributed by atoms with van der Waals surface area (Å²) in [4.78, 5) is 20.5. The molecular formula is C22H25N3O2. The number of nitrogens with one attached hydrogen (secondary N) is 1. The third-order valence-electron chi connectivity index (χ3n) is 5.51. The Morgan fingerprint density at radius 2 is 1.96 bits per heavy atom. The van der Waals surface area contributed by atoms with Crippen LogP contribution in [0.5, 0.6) is 5.75 Å². The van der Waals surface area contributed by atoms with Gasteiger partial charge in [0.15, 0.2) is 0 Å². The maximum absolute atomic E-state index is 13.1. The van der Waals surface area contributed by atoms with Crippen molar-refractivity contribution in [1.82, 2.24) is 9.88 Å². The summed E-state index contributed by atoms with van der Waals surface area (Å²) in [6.45, 7) is 7.08. The molecule has 5 heteroatoms. The Morgan fingerprint density at radius 1 is 1.19 bits per heavy atom. The average molecular weight is 363 g/mol. The molecule has 0 spiro atoms. The molecule has 0 saturated carbocycles. The Labute approximate surface area is 159 Å². The SMILES string of the molecule is CCN(CC)c1ccc(C(=O)N2CCc3[nH]c4ccccc4c3C2)c(O)c1. The first-order valence-electron chi connectivity index (χ1n) is 9.58. The van der Waals surface area contributed by atoms with Crippen LogP contribution in [-0.2, 0) is 13.0 Å². The lowest BCUT2D eigenvalue weighted by Gasteiger charge is -2.28. The highest BCUT2D eigenvalue weighted by molar-refractivity contribution is 5.98. The minimum Gasteiger partial charge on any atom is -0.507 e. The van der Waals surface area contributed by atoms with E-state index in [1.165, 1.54) is 16.6 Å². The molecule has 0 radical (unpaired) electrons. The molecule has 27 heavy (non-hydrogen) atoms. The maximum Gasteiger partial charge on any atom is 0.257 e. The number of amides is 1. The minimum absolute atomic E-state index is 0.0501. The standard InChI is InChI=1S/C22H25N3O2/c1-3-24(4-2)15-9-10-17(21(26)13-15)22(27)25-12-11-20-18(14-25)16-7-5-6-8-19(16)23-20/h5-10,13,23,26H,3-4,11-12,14H2,1-2H3. The van der Waals surface area contributed by atoms with E-state index in [4.69, 9.17) is 0 Å². The van der Waals surface area contributed by atoms with Gasteiger partial charge in [-0.3, -0.25) is 4.79 Å². The molecule has 1 aliphatic heterocycles. The van der Waals surface area contributed by atoms with E-state index in [0.717, 1.165) is 30.7 Å². The first kappa shape index (κ1) is 17.5. The second-order valence-electron chi connectivity index (χ2n) is 6.98. The molecule has 4 rings (SSSR count). The Bertz CT molecular complexity index is 988. The number of aromatic nitrogens is 1. The summed E-state index contributed by atoms with van der Waals surface area (Å²) >= 11 is 0. The molecule has 2 N–H and O–H groups in total. The molecule has 0 unspecified atom stereocenters. The number of hydrogen-bond donors (Lipinski definition) is 2. The highest BCUT2D eigenvalue weighted by Crippen LogP contribution is 2.30. The van der Waals surface area contributed by atoms with Gasteiger partial charge in [-0.25, -0.2) is 0 Å². The van der Waals surface area contributed by atoms with E-state index in [2.05, 4.69) is 35.9 Å². The molecule has 2 heterocycles. The van der Waals surface area contributed by atoms with E-state index in [1.807, 2.05) is 23.1 Å². The smallest absolute Gasteiger partial charge is 0.257 e. The summed E-state index contributed by atoms with van der Waals surface area (Å²) in [5.41, 5.74) is 4.81. The van der Waals surface area contributed by atoms with Crippen molar-refractivity contribution in [2.45, 2.75) is 26.8 Å². The lowest BCUT2D eigenvalue weighted by molar-refractivity contribution is 0.0732. The molecule has 0 bridgehead atoms. The van der Waals surface area contributed by atoms with Crippen molar-refractivity contribution in [2.75, 3.05) is 24.5 Å². The lowest BCUT2D eigenvalue weighted by atomic mass is 10.0. The van der Waals surface area contributed by atoms with Gasteiger partial charge in [-0.1, -0.05) is 18.2 Å². The van der Waals surface area contributed by atoms with Crippen LogP contribution in [0.4, 0.5) is 5.69 Å². The molecule has 1 amide bonds. The molecule has 2 aromatic carbocycles. The molecule has 1 aromatic heterocycles. The van der Waals surface area contributed by atoms with E-state index >= 15 is 0 Å². The number of phenolic OH excluding ortho intramolecular Hbond substituents is 1. The third-order valence-corrected chi connectivity index (χ3v) is 5.51. The van der Waals surface area contributed by atoms with Gasteiger partial charge in [0.1, 0.15) is 5.75 Å². The summed E-state index contributed by atoms with van der Waals surface area (Å²) in [6.07, 6.45) is 0.800. The maximum atomic E-state index is 13.1. The largest absolute Gasteiger partial charge is 0.507 e. The number of para-hydroxylation sites is 1. The molecule has 0 saturated heterocycles. The lowest BCUT2D eigenvalue weighted by Crippen LogP contribution is -2.35. The number of rotatable bonds is 4. The van der Waals surface area contributed by atoms with Crippen molar-refractivity contribution >= 4 is 22.5 Å². The van der Waals surface area contributed by atoms with Crippen LogP contribution in [0, 0.1) is 0 Å². The van der Waals surface area contributed by atoms with Crippen molar-refractivity contribution in [3.05, 3.63) is 59.3 Å². The van der Waals surface area contributed by atoms with E-state index in [0.29, 0.717) is 18.7 Å². The van der Waals surface area contributed by atoms with E-state index in [1.54, 1.807) is 12.1 Å². The van der Waals surface area contributed by atoms with Crippen molar-refractivity contribution in [3.8, 4) is 5.75 Å². The number of H-pyrrole nitrogens is 1. The van der Waals surface area contributed by atoms with Crippen molar-refractivity contribution in [3.63, 3.8) is 0 Å². The van der Waals surface area contributed by atoms with Crippen LogP contribution in [0.3, 0.4) is 0 Å².